The lowest BCUT2D eigenvalue weighted by Gasteiger charge is -2.25. The molecule has 1 aromatic carbocycles. The van der Waals surface area contributed by atoms with Gasteiger partial charge in [-0.15, -0.1) is 0 Å². The maximum Gasteiger partial charge on any atom is 0.342 e. The third-order valence-corrected chi connectivity index (χ3v) is 6.13. The van der Waals surface area contributed by atoms with E-state index in [2.05, 4.69) is 9.84 Å². The number of hydrogen-bond acceptors (Lipinski definition) is 5. The van der Waals surface area contributed by atoms with Crippen LogP contribution < -0.4 is 0 Å². The van der Waals surface area contributed by atoms with Crippen LogP contribution in [0.15, 0.2) is 29.4 Å². The summed E-state index contributed by atoms with van der Waals surface area (Å²) in [6, 6.07) is 2.96. The van der Waals surface area contributed by atoms with E-state index >= 15 is 0 Å². The summed E-state index contributed by atoms with van der Waals surface area (Å²) in [6.07, 6.45) is 3.62. The third-order valence-electron chi connectivity index (χ3n) is 4.30. The van der Waals surface area contributed by atoms with E-state index in [0.717, 1.165) is 49.3 Å². The SMILES string of the molecule is COC(=O)c1cn(Cc2cc(F)cc(F)c2)nc1S(=O)(=O)N1CCCCC1. The molecule has 27 heavy (non-hydrogen) atoms. The van der Waals surface area contributed by atoms with Gasteiger partial charge in [0.15, 0.2) is 0 Å². The highest BCUT2D eigenvalue weighted by molar-refractivity contribution is 7.89. The highest BCUT2D eigenvalue weighted by Crippen LogP contribution is 2.23. The molecule has 1 aromatic heterocycles. The molecular weight excluding hydrogens is 380 g/mol. The summed E-state index contributed by atoms with van der Waals surface area (Å²) in [6.45, 7) is 0.601. The summed E-state index contributed by atoms with van der Waals surface area (Å²) in [4.78, 5) is 12.1. The fourth-order valence-corrected chi connectivity index (χ4v) is 4.65. The van der Waals surface area contributed by atoms with Gasteiger partial charge in [-0.3, -0.25) is 4.68 Å². The third kappa shape index (κ3) is 4.16. The molecule has 0 radical (unpaired) electrons. The van der Waals surface area contributed by atoms with Crippen LogP contribution in [-0.2, 0) is 21.3 Å². The summed E-state index contributed by atoms with van der Waals surface area (Å²) >= 11 is 0. The average Bonchev–Trinajstić information content (AvgIpc) is 3.05. The fraction of sp³-hybridized carbons (Fsp3) is 0.412. The number of carbonyl (C=O) groups excluding carboxylic acids is 1. The molecule has 0 unspecified atom stereocenters. The Bertz CT molecular complexity index is 933. The van der Waals surface area contributed by atoms with Gasteiger partial charge in [0.25, 0.3) is 10.0 Å². The van der Waals surface area contributed by atoms with Gasteiger partial charge in [-0.2, -0.15) is 9.40 Å². The van der Waals surface area contributed by atoms with Crippen molar-refractivity contribution >= 4 is 16.0 Å². The lowest BCUT2D eigenvalue weighted by Crippen LogP contribution is -2.36. The number of sulfonamides is 1. The van der Waals surface area contributed by atoms with E-state index in [0.29, 0.717) is 13.1 Å². The molecule has 0 atom stereocenters. The van der Waals surface area contributed by atoms with Crippen molar-refractivity contribution in [1.82, 2.24) is 14.1 Å². The smallest absolute Gasteiger partial charge is 0.342 e. The second-order valence-corrected chi connectivity index (χ2v) is 8.13. The molecule has 0 saturated carbocycles. The van der Waals surface area contributed by atoms with Gasteiger partial charge in [0.05, 0.1) is 13.7 Å². The number of rotatable bonds is 5. The van der Waals surface area contributed by atoms with Crippen molar-refractivity contribution in [3.8, 4) is 0 Å². The number of ether oxygens (including phenoxy) is 1. The number of aromatic nitrogens is 2. The van der Waals surface area contributed by atoms with Crippen molar-refractivity contribution in [2.75, 3.05) is 20.2 Å². The quantitative estimate of drug-likeness (QED) is 0.720. The van der Waals surface area contributed by atoms with Crippen molar-refractivity contribution in [3.63, 3.8) is 0 Å². The highest BCUT2D eigenvalue weighted by Gasteiger charge is 2.33. The van der Waals surface area contributed by atoms with Gasteiger partial charge >= 0.3 is 5.97 Å². The maximum absolute atomic E-state index is 13.4. The van der Waals surface area contributed by atoms with Crippen LogP contribution in [0.1, 0.15) is 35.2 Å². The fourth-order valence-electron chi connectivity index (χ4n) is 3.04. The minimum Gasteiger partial charge on any atom is -0.465 e. The molecule has 1 fully saturated rings. The van der Waals surface area contributed by atoms with Crippen LogP contribution in [-0.4, -0.2) is 48.7 Å². The number of piperidine rings is 1. The number of hydrogen-bond donors (Lipinski definition) is 0. The molecule has 1 aliphatic heterocycles. The Morgan fingerprint density at radius 2 is 1.78 bits per heavy atom. The van der Waals surface area contributed by atoms with Crippen LogP contribution in [0, 0.1) is 11.6 Å². The number of methoxy groups -OCH3 is 1. The minimum atomic E-state index is -3.98. The Labute approximate surface area is 155 Å². The molecule has 1 aliphatic rings. The van der Waals surface area contributed by atoms with Gasteiger partial charge in [0, 0.05) is 25.4 Å². The Morgan fingerprint density at radius 3 is 2.37 bits per heavy atom. The summed E-state index contributed by atoms with van der Waals surface area (Å²) in [5.74, 6) is -2.36. The van der Waals surface area contributed by atoms with Gasteiger partial charge in [0.1, 0.15) is 17.2 Å². The Hall–Kier alpha value is -2.33. The molecule has 0 N–H and O–H groups in total. The topological polar surface area (TPSA) is 81.5 Å². The van der Waals surface area contributed by atoms with E-state index in [9.17, 15) is 22.0 Å². The van der Waals surface area contributed by atoms with E-state index in [-0.39, 0.29) is 17.7 Å². The Kier molecular flexibility index (Phi) is 5.56. The molecule has 10 heteroatoms. The first-order valence-electron chi connectivity index (χ1n) is 8.42. The van der Waals surface area contributed by atoms with Crippen molar-refractivity contribution in [3.05, 3.63) is 47.2 Å². The molecule has 0 bridgehead atoms. The van der Waals surface area contributed by atoms with Gasteiger partial charge in [-0.1, -0.05) is 6.42 Å². The van der Waals surface area contributed by atoms with Gasteiger partial charge in [-0.05, 0) is 30.5 Å². The molecular formula is C17H19F2N3O4S. The average molecular weight is 399 g/mol. The van der Waals surface area contributed by atoms with Crippen molar-refractivity contribution in [1.29, 1.82) is 0 Å². The highest BCUT2D eigenvalue weighted by atomic mass is 32.2. The normalized spacial score (nSPS) is 15.7. The largest absolute Gasteiger partial charge is 0.465 e. The second-order valence-electron chi connectivity index (χ2n) is 6.28. The van der Waals surface area contributed by atoms with Crippen LogP contribution in [0.4, 0.5) is 8.78 Å². The summed E-state index contributed by atoms with van der Waals surface area (Å²) < 4.78 is 59.7. The zero-order valence-corrected chi connectivity index (χ0v) is 15.5. The number of esters is 1. The van der Waals surface area contributed by atoms with E-state index in [4.69, 9.17) is 0 Å². The van der Waals surface area contributed by atoms with Gasteiger partial charge < -0.3 is 4.74 Å². The molecule has 0 aliphatic carbocycles. The lowest BCUT2D eigenvalue weighted by molar-refractivity contribution is 0.0596. The first-order valence-corrected chi connectivity index (χ1v) is 9.86. The van der Waals surface area contributed by atoms with Gasteiger partial charge in [0.2, 0.25) is 5.03 Å². The monoisotopic (exact) mass is 399 g/mol. The molecule has 146 valence electrons. The van der Waals surface area contributed by atoms with Crippen LogP contribution in [0.25, 0.3) is 0 Å². The lowest BCUT2D eigenvalue weighted by atomic mass is 10.2. The van der Waals surface area contributed by atoms with E-state index < -0.39 is 32.7 Å². The Morgan fingerprint density at radius 1 is 1.15 bits per heavy atom. The van der Waals surface area contributed by atoms with Crippen molar-refractivity contribution in [2.45, 2.75) is 30.8 Å². The first-order chi connectivity index (χ1) is 12.8. The summed E-state index contributed by atoms with van der Waals surface area (Å²) in [5.41, 5.74) is 0.0354. The van der Waals surface area contributed by atoms with Crippen LogP contribution in [0.3, 0.4) is 0 Å². The van der Waals surface area contributed by atoms with Gasteiger partial charge in [-0.25, -0.2) is 22.0 Å². The molecule has 0 spiro atoms. The van der Waals surface area contributed by atoms with Crippen LogP contribution in [0.2, 0.25) is 0 Å². The molecule has 2 heterocycles. The number of nitrogens with zero attached hydrogens (tertiary/aromatic N) is 3. The first kappa shape index (κ1) is 19.4. The second kappa shape index (κ2) is 7.73. The molecule has 7 nitrogen and oxygen atoms in total. The number of halogens is 2. The van der Waals surface area contributed by atoms with Crippen molar-refractivity contribution < 1.29 is 26.7 Å². The zero-order valence-electron chi connectivity index (χ0n) is 14.7. The van der Waals surface area contributed by atoms with E-state index in [1.54, 1.807) is 0 Å². The van der Waals surface area contributed by atoms with Crippen LogP contribution in [0.5, 0.6) is 0 Å². The zero-order chi connectivity index (χ0) is 19.6. The van der Waals surface area contributed by atoms with E-state index in [1.807, 2.05) is 0 Å². The summed E-state index contributed by atoms with van der Waals surface area (Å²) in [5, 5.41) is 3.61. The van der Waals surface area contributed by atoms with Crippen molar-refractivity contribution in [2.24, 2.45) is 0 Å². The van der Waals surface area contributed by atoms with Crippen LogP contribution >= 0.6 is 0 Å². The molecule has 3 rings (SSSR count). The summed E-state index contributed by atoms with van der Waals surface area (Å²) in [7, 11) is -2.85. The number of carbonyl (C=O) groups is 1. The molecule has 1 saturated heterocycles. The number of benzene rings is 1. The standard InChI is InChI=1S/C17H19F2N3O4S/c1-26-17(23)15-11-21(10-12-7-13(18)9-14(19)8-12)20-16(15)27(24,25)22-5-3-2-4-6-22/h7-9,11H,2-6,10H2,1H3. The molecule has 2 aromatic rings. The molecule has 0 amide bonds. The van der Waals surface area contributed by atoms with E-state index in [1.165, 1.54) is 10.5 Å². The Balaban J connectivity index is 1.99. The predicted molar refractivity (Wildman–Crippen MR) is 91.6 cm³/mol. The predicted octanol–water partition coefficient (Wildman–Crippen LogP) is 2.17. The maximum atomic E-state index is 13.4. The minimum absolute atomic E-state index is 0.103.